The minimum atomic E-state index is -0.726. The molecule has 2 atom stereocenters. The van der Waals surface area contributed by atoms with E-state index in [9.17, 15) is 19.2 Å². The average Bonchev–Trinajstić information content (AvgIpc) is 3.08. The van der Waals surface area contributed by atoms with Crippen molar-refractivity contribution in [2.45, 2.75) is 156 Å². The summed E-state index contributed by atoms with van der Waals surface area (Å²) in [7, 11) is 0. The largest absolute Gasteiger partial charge is 0.466 e. The molecule has 0 fully saturated rings. The number of rotatable bonds is 33. The Morgan fingerprint density at radius 3 is 1.65 bits per heavy atom. The zero-order valence-electron chi connectivity index (χ0n) is 32.3. The lowest BCUT2D eigenvalue weighted by atomic mass is 9.90. The van der Waals surface area contributed by atoms with Crippen LogP contribution in [0.4, 0.5) is 0 Å². The lowest BCUT2D eigenvalue weighted by Gasteiger charge is -2.30. The summed E-state index contributed by atoms with van der Waals surface area (Å²) in [5.41, 5.74) is -1.28. The fourth-order valence-electron chi connectivity index (χ4n) is 5.64. The Balaban J connectivity index is 4.41. The molecule has 0 aromatic heterocycles. The van der Waals surface area contributed by atoms with Crippen molar-refractivity contribution in [3.05, 3.63) is 0 Å². The summed E-state index contributed by atoms with van der Waals surface area (Å²) < 4.78 is 10.8. The second-order valence-electron chi connectivity index (χ2n) is 13.4. The average molecular weight is 683 g/mol. The predicted octanol–water partition coefficient (Wildman–Crippen LogP) is 6.09. The number of carbonyl (C=O) groups excluding carboxylic acids is 4. The molecule has 0 saturated carbocycles. The summed E-state index contributed by atoms with van der Waals surface area (Å²) in [5.74, 6) is 0.225. The van der Waals surface area contributed by atoms with Crippen molar-refractivity contribution < 1.29 is 28.7 Å². The smallest absolute Gasteiger partial charge is 0.307 e. The number of hydrogen-bond acceptors (Lipinski definition) is 9. The van der Waals surface area contributed by atoms with Crippen LogP contribution in [0.15, 0.2) is 0 Å². The molecule has 0 aromatic rings. The van der Waals surface area contributed by atoms with Gasteiger partial charge in [-0.25, -0.2) is 0 Å². The van der Waals surface area contributed by atoms with Crippen molar-refractivity contribution in [1.29, 1.82) is 0 Å². The van der Waals surface area contributed by atoms with Gasteiger partial charge in [0.15, 0.2) is 11.6 Å². The maximum Gasteiger partial charge on any atom is 0.307 e. The van der Waals surface area contributed by atoms with Crippen LogP contribution in [0.5, 0.6) is 0 Å². The van der Waals surface area contributed by atoms with Gasteiger partial charge in [-0.1, -0.05) is 53.4 Å². The molecule has 10 nitrogen and oxygen atoms in total. The molecule has 0 aliphatic carbocycles. The highest BCUT2D eigenvalue weighted by Crippen LogP contribution is 2.19. The highest BCUT2D eigenvalue weighted by Gasteiger charge is 2.32. The maximum absolute atomic E-state index is 13.2. The molecular formula is C38H74N4O6. The molecule has 0 aliphatic heterocycles. The highest BCUT2D eigenvalue weighted by atomic mass is 16.5. The number of Topliss-reactive ketones (excluding diaryl/α,β-unsaturated/α-hetero) is 2. The normalized spacial score (nSPS) is 14.1. The second kappa shape index (κ2) is 27.9. The van der Waals surface area contributed by atoms with Crippen LogP contribution in [0.25, 0.3) is 0 Å². The summed E-state index contributed by atoms with van der Waals surface area (Å²) in [6.07, 6.45) is 11.3. The van der Waals surface area contributed by atoms with Gasteiger partial charge < -0.3 is 29.9 Å². The summed E-state index contributed by atoms with van der Waals surface area (Å²) in [6.45, 7) is 22.7. The van der Waals surface area contributed by atoms with Crippen LogP contribution in [0.1, 0.15) is 145 Å². The summed E-state index contributed by atoms with van der Waals surface area (Å²) in [6, 6.07) is 0. The van der Waals surface area contributed by atoms with E-state index >= 15 is 0 Å². The van der Waals surface area contributed by atoms with Crippen LogP contribution >= 0.6 is 0 Å². The number of hydrogen-bond donors (Lipinski definition) is 2. The Hall–Kier alpha value is -1.88. The monoisotopic (exact) mass is 683 g/mol. The summed E-state index contributed by atoms with van der Waals surface area (Å²) in [5, 5.41) is 6.58. The molecule has 0 heterocycles. The maximum atomic E-state index is 13.2. The van der Waals surface area contributed by atoms with Crippen LogP contribution in [0.2, 0.25) is 0 Å². The van der Waals surface area contributed by atoms with Gasteiger partial charge in [0.1, 0.15) is 5.60 Å². The third-order valence-electron chi connectivity index (χ3n) is 9.55. The number of esters is 1. The van der Waals surface area contributed by atoms with Crippen LogP contribution in [-0.4, -0.2) is 110 Å². The molecule has 0 aliphatic rings. The van der Waals surface area contributed by atoms with Crippen LogP contribution < -0.4 is 10.6 Å². The minimum Gasteiger partial charge on any atom is -0.466 e. The Morgan fingerprint density at radius 2 is 1.12 bits per heavy atom. The van der Waals surface area contributed by atoms with Gasteiger partial charge in [-0.15, -0.1) is 0 Å². The van der Waals surface area contributed by atoms with Gasteiger partial charge in [0.2, 0.25) is 5.91 Å². The van der Waals surface area contributed by atoms with Crippen molar-refractivity contribution in [1.82, 2.24) is 20.4 Å². The number of carbonyl (C=O) groups is 4. The molecule has 0 spiro atoms. The van der Waals surface area contributed by atoms with Gasteiger partial charge in [0, 0.05) is 58.6 Å². The van der Waals surface area contributed by atoms with Crippen molar-refractivity contribution in [2.24, 2.45) is 0 Å². The number of unbranched alkanes of at least 4 members (excludes halogenated alkanes) is 5. The lowest BCUT2D eigenvalue weighted by Crippen LogP contribution is -2.50. The summed E-state index contributed by atoms with van der Waals surface area (Å²) >= 11 is 0. The third kappa shape index (κ3) is 20.6. The van der Waals surface area contributed by atoms with Gasteiger partial charge >= 0.3 is 5.97 Å². The van der Waals surface area contributed by atoms with E-state index in [0.29, 0.717) is 78.0 Å². The van der Waals surface area contributed by atoms with E-state index < -0.39 is 11.1 Å². The highest BCUT2D eigenvalue weighted by molar-refractivity contribution is 5.88. The van der Waals surface area contributed by atoms with Crippen molar-refractivity contribution >= 4 is 23.4 Å². The Labute approximate surface area is 294 Å². The molecule has 0 rings (SSSR count). The van der Waals surface area contributed by atoms with Gasteiger partial charge in [-0.05, 0) is 85.9 Å². The number of nitrogens with zero attached hydrogens (tertiary/aromatic N) is 2. The molecule has 0 bridgehead atoms. The minimum absolute atomic E-state index is 0.0589. The molecule has 48 heavy (non-hydrogen) atoms. The molecule has 2 N–H and O–H groups in total. The van der Waals surface area contributed by atoms with Gasteiger partial charge in [0.25, 0.3) is 0 Å². The van der Waals surface area contributed by atoms with Crippen molar-refractivity contribution in [3.63, 3.8) is 0 Å². The first kappa shape index (κ1) is 46.1. The fraction of sp³-hybridized carbons (Fsp3) is 0.895. The number of amides is 1. The van der Waals surface area contributed by atoms with Gasteiger partial charge in [-0.3, -0.25) is 19.2 Å². The topological polar surface area (TPSA) is 117 Å². The van der Waals surface area contributed by atoms with Crippen molar-refractivity contribution in [2.75, 3.05) is 65.6 Å². The first-order valence-corrected chi connectivity index (χ1v) is 19.3. The third-order valence-corrected chi connectivity index (χ3v) is 9.55. The Morgan fingerprint density at radius 1 is 0.583 bits per heavy atom. The molecule has 0 saturated heterocycles. The Bertz CT molecular complexity index is 887. The fourth-order valence-corrected chi connectivity index (χ4v) is 5.64. The quantitative estimate of drug-likeness (QED) is 0.0626. The van der Waals surface area contributed by atoms with Crippen molar-refractivity contribution in [3.8, 4) is 0 Å². The summed E-state index contributed by atoms with van der Waals surface area (Å²) in [4.78, 5) is 54.9. The number of ether oxygens (including phenoxy) is 2. The second-order valence-corrected chi connectivity index (χ2v) is 13.4. The Kier molecular flexibility index (Phi) is 26.8. The number of ketones is 2. The predicted molar refractivity (Wildman–Crippen MR) is 196 cm³/mol. The number of nitrogens with one attached hydrogen (secondary N) is 2. The zero-order valence-corrected chi connectivity index (χ0v) is 32.3. The van der Waals surface area contributed by atoms with E-state index in [-0.39, 0.29) is 23.4 Å². The first-order valence-electron chi connectivity index (χ1n) is 19.3. The zero-order chi connectivity index (χ0) is 36.3. The molecule has 2 unspecified atom stereocenters. The van der Waals surface area contributed by atoms with Crippen LogP contribution in [-0.2, 0) is 28.7 Å². The molecule has 1 amide bonds. The molecule has 0 aromatic carbocycles. The van der Waals surface area contributed by atoms with E-state index in [1.165, 1.54) is 0 Å². The molecule has 282 valence electrons. The first-order chi connectivity index (χ1) is 22.9. The lowest BCUT2D eigenvalue weighted by molar-refractivity contribution is -0.143. The van der Waals surface area contributed by atoms with E-state index in [2.05, 4.69) is 41.2 Å². The molecular weight excluding hydrogens is 608 g/mol. The van der Waals surface area contributed by atoms with E-state index in [4.69, 9.17) is 9.47 Å². The van der Waals surface area contributed by atoms with E-state index in [0.717, 1.165) is 77.4 Å². The van der Waals surface area contributed by atoms with Crippen LogP contribution in [0, 0.1) is 0 Å². The SMILES string of the molecule is CCCCN(CCC(=O)OCC)CCC(=O)C(C)(CC)NCCCCCCNC(=O)CCN(CCCC)CCC(=O)C(C)(CC)OCC. The van der Waals surface area contributed by atoms with Gasteiger partial charge in [-0.2, -0.15) is 0 Å². The van der Waals surface area contributed by atoms with Gasteiger partial charge in [0.05, 0.1) is 18.6 Å². The van der Waals surface area contributed by atoms with E-state index in [1.807, 2.05) is 34.6 Å². The van der Waals surface area contributed by atoms with E-state index in [1.54, 1.807) is 0 Å². The molecule has 0 radical (unpaired) electrons. The van der Waals surface area contributed by atoms with Crippen LogP contribution in [0.3, 0.4) is 0 Å². The molecule has 10 heteroatoms. The standard InChI is InChI=1S/C38H74N4O6/c1-9-15-27-41(30-22-34(44)38(8,12-4)48-14-6)31-23-35(45)39-25-19-17-18-20-26-40-37(7,11-3)33(43)21-29-42(28-16-10-2)32-24-36(46)47-13-5/h40H,9-32H2,1-8H3,(H,39,45).